The van der Waals surface area contributed by atoms with E-state index >= 15 is 0 Å². The molecule has 0 aromatic rings. The molecule has 34 heavy (non-hydrogen) atoms. The molecule has 0 aliphatic heterocycles. The second kappa shape index (κ2) is 21.7. The second-order valence-electron chi connectivity index (χ2n) is 12.5. The molecule has 3 heteroatoms. The van der Waals surface area contributed by atoms with Crippen LogP contribution in [0.25, 0.3) is 0 Å². The first kappa shape index (κ1) is 33.4. The number of hydrogen-bond acceptors (Lipinski definition) is 1. The standard InChI is InChI=1S/C31H64N2O/c1-7-9-10-11-12-13-14-15-16-17-18-19-20-21-22-23-24-25-26-27-30(34)32-28-31(3,4)29-33(5,6)8-2/h7-29H2,1-6H3/p+1. The average Bonchev–Trinajstić information content (AvgIpc) is 2.78. The van der Waals surface area contributed by atoms with E-state index in [2.05, 4.69) is 47.1 Å². The SMILES string of the molecule is CCCCCCCCCCCCCCCCCCCCCC(=O)NCC(C)(C)C[N+](C)(C)CC. The van der Waals surface area contributed by atoms with Gasteiger partial charge in [0.15, 0.2) is 0 Å². The van der Waals surface area contributed by atoms with Crippen molar-refractivity contribution < 1.29 is 9.28 Å². The van der Waals surface area contributed by atoms with Gasteiger partial charge in [-0.25, -0.2) is 0 Å². The van der Waals surface area contributed by atoms with E-state index in [-0.39, 0.29) is 11.3 Å². The lowest BCUT2D eigenvalue weighted by Gasteiger charge is -2.36. The van der Waals surface area contributed by atoms with Gasteiger partial charge < -0.3 is 9.80 Å². The summed E-state index contributed by atoms with van der Waals surface area (Å²) in [5, 5.41) is 3.18. The van der Waals surface area contributed by atoms with E-state index in [9.17, 15) is 4.79 Å². The van der Waals surface area contributed by atoms with Gasteiger partial charge in [-0.3, -0.25) is 4.79 Å². The molecule has 0 aliphatic rings. The average molecular weight is 482 g/mol. The zero-order valence-electron chi connectivity index (χ0n) is 24.6. The molecule has 3 nitrogen and oxygen atoms in total. The molecule has 0 spiro atoms. The fourth-order valence-corrected chi connectivity index (χ4v) is 5.12. The maximum absolute atomic E-state index is 12.2. The molecule has 0 saturated heterocycles. The molecule has 1 N–H and O–H groups in total. The summed E-state index contributed by atoms with van der Waals surface area (Å²) >= 11 is 0. The zero-order valence-corrected chi connectivity index (χ0v) is 24.6. The quantitative estimate of drug-likeness (QED) is 0.102. The van der Waals surface area contributed by atoms with Crippen LogP contribution in [-0.2, 0) is 4.79 Å². The van der Waals surface area contributed by atoms with Crippen molar-refractivity contribution in [3.05, 3.63) is 0 Å². The van der Waals surface area contributed by atoms with Gasteiger partial charge in [-0.1, -0.05) is 136 Å². The van der Waals surface area contributed by atoms with E-state index in [0.29, 0.717) is 6.42 Å². The van der Waals surface area contributed by atoms with Crippen LogP contribution in [0.4, 0.5) is 0 Å². The normalized spacial score (nSPS) is 12.3. The van der Waals surface area contributed by atoms with E-state index in [0.717, 1.165) is 30.5 Å². The number of hydrogen-bond donors (Lipinski definition) is 1. The number of carbonyl (C=O) groups is 1. The first-order chi connectivity index (χ1) is 16.2. The summed E-state index contributed by atoms with van der Waals surface area (Å²) in [5.41, 5.74) is 0.142. The molecule has 0 atom stereocenters. The summed E-state index contributed by atoms with van der Waals surface area (Å²) in [6.07, 6.45) is 27.1. The number of nitrogens with zero attached hydrogens (tertiary/aromatic N) is 1. The van der Waals surface area contributed by atoms with Crippen LogP contribution >= 0.6 is 0 Å². The fourth-order valence-electron chi connectivity index (χ4n) is 5.12. The Balaban J connectivity index is 3.36. The molecule has 0 radical (unpaired) electrons. The topological polar surface area (TPSA) is 29.1 Å². The highest BCUT2D eigenvalue weighted by Crippen LogP contribution is 2.19. The van der Waals surface area contributed by atoms with E-state index in [1.165, 1.54) is 116 Å². The van der Waals surface area contributed by atoms with Gasteiger partial charge in [0.05, 0.1) is 27.2 Å². The highest BCUT2D eigenvalue weighted by molar-refractivity contribution is 5.75. The highest BCUT2D eigenvalue weighted by Gasteiger charge is 2.27. The number of carbonyl (C=O) groups excluding carboxylic acids is 1. The van der Waals surface area contributed by atoms with Crippen molar-refractivity contribution in [2.75, 3.05) is 33.7 Å². The molecule has 0 heterocycles. The van der Waals surface area contributed by atoms with E-state index in [1.54, 1.807) is 0 Å². The number of unbranched alkanes of at least 4 members (excludes halogenated alkanes) is 18. The lowest BCUT2D eigenvalue weighted by Crippen LogP contribution is -2.49. The van der Waals surface area contributed by atoms with Crippen LogP contribution in [0.3, 0.4) is 0 Å². The molecule has 0 unspecified atom stereocenters. The maximum Gasteiger partial charge on any atom is 0.220 e. The largest absolute Gasteiger partial charge is 0.355 e. The van der Waals surface area contributed by atoms with Gasteiger partial charge in [0, 0.05) is 18.4 Å². The van der Waals surface area contributed by atoms with Crippen molar-refractivity contribution in [3.63, 3.8) is 0 Å². The van der Waals surface area contributed by atoms with E-state index < -0.39 is 0 Å². The lowest BCUT2D eigenvalue weighted by atomic mass is 9.91. The molecule has 0 aromatic carbocycles. The summed E-state index contributed by atoms with van der Waals surface area (Å²) < 4.78 is 1.00. The summed E-state index contributed by atoms with van der Waals surface area (Å²) in [7, 11) is 4.53. The van der Waals surface area contributed by atoms with Gasteiger partial charge >= 0.3 is 0 Å². The molecule has 0 saturated carbocycles. The van der Waals surface area contributed by atoms with Crippen molar-refractivity contribution in [1.82, 2.24) is 5.32 Å². The molecule has 1 amide bonds. The van der Waals surface area contributed by atoms with Crippen LogP contribution in [0.15, 0.2) is 0 Å². The number of nitrogens with one attached hydrogen (secondary N) is 1. The minimum absolute atomic E-state index is 0.142. The van der Waals surface area contributed by atoms with Gasteiger partial charge in [-0.05, 0) is 13.3 Å². The van der Waals surface area contributed by atoms with Crippen molar-refractivity contribution in [3.8, 4) is 0 Å². The Morgan fingerprint density at radius 1 is 0.618 bits per heavy atom. The molecule has 0 bridgehead atoms. The maximum atomic E-state index is 12.2. The highest BCUT2D eigenvalue weighted by atomic mass is 16.1. The van der Waals surface area contributed by atoms with E-state index in [1.807, 2.05) is 0 Å². The van der Waals surface area contributed by atoms with Gasteiger partial charge in [-0.2, -0.15) is 0 Å². The van der Waals surface area contributed by atoms with Gasteiger partial charge in [-0.15, -0.1) is 0 Å². The van der Waals surface area contributed by atoms with Gasteiger partial charge in [0.2, 0.25) is 5.91 Å². The summed E-state index contributed by atoms with van der Waals surface area (Å²) in [4.78, 5) is 12.2. The van der Waals surface area contributed by atoms with Crippen molar-refractivity contribution in [1.29, 1.82) is 0 Å². The first-order valence-electron chi connectivity index (χ1n) is 15.3. The Labute approximate surface area is 215 Å². The van der Waals surface area contributed by atoms with Crippen LogP contribution in [0.1, 0.15) is 156 Å². The lowest BCUT2D eigenvalue weighted by molar-refractivity contribution is -0.894. The summed E-state index contributed by atoms with van der Waals surface area (Å²) in [6.45, 7) is 12.0. The Morgan fingerprint density at radius 3 is 1.32 bits per heavy atom. The third-order valence-electron chi connectivity index (χ3n) is 7.48. The third kappa shape index (κ3) is 23.2. The molecular formula is C31H65N2O+. The minimum Gasteiger partial charge on any atom is -0.355 e. The fraction of sp³-hybridized carbons (Fsp3) is 0.968. The second-order valence-corrected chi connectivity index (χ2v) is 12.5. The van der Waals surface area contributed by atoms with Crippen LogP contribution in [0, 0.1) is 5.41 Å². The predicted octanol–water partition coefficient (Wildman–Crippen LogP) is 9.05. The molecular weight excluding hydrogens is 416 g/mol. The van der Waals surface area contributed by atoms with Crippen LogP contribution in [0.2, 0.25) is 0 Å². The number of rotatable bonds is 25. The molecule has 0 aromatic heterocycles. The molecule has 0 rings (SSSR count). The monoisotopic (exact) mass is 482 g/mol. The Morgan fingerprint density at radius 2 is 0.971 bits per heavy atom. The Kier molecular flexibility index (Phi) is 21.3. The number of amides is 1. The van der Waals surface area contributed by atoms with Crippen molar-refractivity contribution in [2.45, 2.75) is 156 Å². The number of quaternary nitrogens is 1. The van der Waals surface area contributed by atoms with Crippen LogP contribution in [-0.4, -0.2) is 44.1 Å². The molecule has 0 fully saturated rings. The predicted molar refractivity (Wildman–Crippen MR) is 152 cm³/mol. The third-order valence-corrected chi connectivity index (χ3v) is 7.48. The summed E-state index contributed by atoms with van der Waals surface area (Å²) in [5.74, 6) is 0.238. The van der Waals surface area contributed by atoms with Gasteiger partial charge in [0.1, 0.15) is 0 Å². The summed E-state index contributed by atoms with van der Waals surface area (Å²) in [6, 6.07) is 0. The Bertz CT molecular complexity index is 458. The van der Waals surface area contributed by atoms with Crippen molar-refractivity contribution >= 4 is 5.91 Å². The van der Waals surface area contributed by atoms with Crippen LogP contribution in [0.5, 0.6) is 0 Å². The minimum atomic E-state index is 0.142. The van der Waals surface area contributed by atoms with Gasteiger partial charge in [0.25, 0.3) is 0 Å². The molecule has 204 valence electrons. The van der Waals surface area contributed by atoms with Crippen molar-refractivity contribution in [2.24, 2.45) is 5.41 Å². The smallest absolute Gasteiger partial charge is 0.220 e. The first-order valence-corrected chi connectivity index (χ1v) is 15.3. The van der Waals surface area contributed by atoms with Crippen LogP contribution < -0.4 is 5.32 Å². The zero-order chi connectivity index (χ0) is 25.5. The Hall–Kier alpha value is -0.570. The molecule has 0 aliphatic carbocycles. The van der Waals surface area contributed by atoms with E-state index in [4.69, 9.17) is 0 Å².